The van der Waals surface area contributed by atoms with E-state index in [1.807, 2.05) is 0 Å². The zero-order valence-electron chi connectivity index (χ0n) is 9.39. The molecule has 0 aromatic heterocycles. The largest absolute Gasteiger partial charge is 0.380 e. The highest BCUT2D eigenvalue weighted by Gasteiger charge is 2.31. The van der Waals surface area contributed by atoms with Crippen LogP contribution in [-0.4, -0.2) is 25.8 Å². The number of rotatable bonds is 5. The van der Waals surface area contributed by atoms with Crippen LogP contribution in [-0.2, 0) is 4.74 Å². The van der Waals surface area contributed by atoms with Crippen molar-refractivity contribution in [3.8, 4) is 0 Å². The zero-order valence-corrected chi connectivity index (χ0v) is 9.39. The van der Waals surface area contributed by atoms with Gasteiger partial charge in [-0.15, -0.1) is 0 Å². The second kappa shape index (κ2) is 4.43. The molecule has 1 N–H and O–H groups in total. The highest BCUT2D eigenvalue weighted by atomic mass is 16.5. The topological polar surface area (TPSA) is 21.3 Å². The average Bonchev–Trinajstić information content (AvgIpc) is 2.09. The Kier molecular flexibility index (Phi) is 3.74. The second-order valence-electron chi connectivity index (χ2n) is 4.77. The van der Waals surface area contributed by atoms with Crippen LogP contribution in [0.25, 0.3) is 0 Å². The smallest absolute Gasteiger partial charge is 0.0693 e. The van der Waals surface area contributed by atoms with Crippen LogP contribution in [0.3, 0.4) is 0 Å². The molecule has 2 unspecified atom stereocenters. The van der Waals surface area contributed by atoms with E-state index in [9.17, 15) is 0 Å². The standard InChI is InChI=1S/C11H23NO/c1-9(10(2)13-4)12-8-11(3)6-5-7-11/h9-10,12H,5-8H2,1-4H3. The molecule has 0 aromatic carbocycles. The van der Waals surface area contributed by atoms with Crippen molar-refractivity contribution in [2.24, 2.45) is 5.41 Å². The lowest BCUT2D eigenvalue weighted by atomic mass is 9.70. The summed E-state index contributed by atoms with van der Waals surface area (Å²) < 4.78 is 5.27. The lowest BCUT2D eigenvalue weighted by Crippen LogP contribution is -2.44. The minimum atomic E-state index is 0.309. The van der Waals surface area contributed by atoms with E-state index in [1.165, 1.54) is 19.3 Å². The van der Waals surface area contributed by atoms with E-state index in [4.69, 9.17) is 4.74 Å². The SMILES string of the molecule is COC(C)C(C)NCC1(C)CCC1. The Morgan fingerprint density at radius 2 is 2.00 bits per heavy atom. The van der Waals surface area contributed by atoms with Gasteiger partial charge >= 0.3 is 0 Å². The molecule has 13 heavy (non-hydrogen) atoms. The van der Waals surface area contributed by atoms with Crippen LogP contribution in [0.1, 0.15) is 40.0 Å². The summed E-state index contributed by atoms with van der Waals surface area (Å²) in [7, 11) is 1.77. The van der Waals surface area contributed by atoms with Crippen molar-refractivity contribution in [2.45, 2.75) is 52.2 Å². The molecular weight excluding hydrogens is 162 g/mol. The molecule has 0 heterocycles. The molecule has 0 aromatic rings. The van der Waals surface area contributed by atoms with Gasteiger partial charge in [-0.1, -0.05) is 13.3 Å². The highest BCUT2D eigenvalue weighted by Crippen LogP contribution is 2.39. The molecule has 1 saturated carbocycles. The Balaban J connectivity index is 2.17. The maximum Gasteiger partial charge on any atom is 0.0693 e. The van der Waals surface area contributed by atoms with Crippen LogP contribution in [0, 0.1) is 5.41 Å². The van der Waals surface area contributed by atoms with Crippen molar-refractivity contribution in [3.63, 3.8) is 0 Å². The van der Waals surface area contributed by atoms with Crippen LogP contribution in [0.2, 0.25) is 0 Å². The fraction of sp³-hybridized carbons (Fsp3) is 1.00. The fourth-order valence-electron chi connectivity index (χ4n) is 1.73. The molecule has 0 amide bonds. The molecule has 2 nitrogen and oxygen atoms in total. The predicted molar refractivity (Wildman–Crippen MR) is 55.9 cm³/mol. The van der Waals surface area contributed by atoms with Gasteiger partial charge in [-0.2, -0.15) is 0 Å². The van der Waals surface area contributed by atoms with Crippen LogP contribution in [0.15, 0.2) is 0 Å². The van der Waals surface area contributed by atoms with Crippen molar-refractivity contribution in [1.82, 2.24) is 5.32 Å². The molecular formula is C11H23NO. The Bertz CT molecular complexity index is 154. The monoisotopic (exact) mass is 185 g/mol. The molecule has 0 aliphatic heterocycles. The van der Waals surface area contributed by atoms with E-state index in [-0.39, 0.29) is 0 Å². The Morgan fingerprint density at radius 1 is 1.38 bits per heavy atom. The first-order valence-corrected chi connectivity index (χ1v) is 5.33. The molecule has 1 aliphatic rings. The van der Waals surface area contributed by atoms with Gasteiger partial charge in [0.15, 0.2) is 0 Å². The Morgan fingerprint density at radius 3 is 2.38 bits per heavy atom. The van der Waals surface area contributed by atoms with Crippen molar-refractivity contribution in [3.05, 3.63) is 0 Å². The number of hydrogen-bond donors (Lipinski definition) is 1. The van der Waals surface area contributed by atoms with Gasteiger partial charge in [0.1, 0.15) is 0 Å². The van der Waals surface area contributed by atoms with Crippen molar-refractivity contribution < 1.29 is 4.74 Å². The molecule has 2 atom stereocenters. The number of methoxy groups -OCH3 is 1. The first kappa shape index (κ1) is 11.0. The van der Waals surface area contributed by atoms with E-state index in [0.29, 0.717) is 17.6 Å². The molecule has 0 bridgehead atoms. The third kappa shape index (κ3) is 2.96. The molecule has 78 valence electrons. The maximum atomic E-state index is 5.27. The summed E-state index contributed by atoms with van der Waals surface area (Å²) in [6, 6.07) is 0.461. The van der Waals surface area contributed by atoms with Crippen molar-refractivity contribution in [1.29, 1.82) is 0 Å². The fourth-order valence-corrected chi connectivity index (χ4v) is 1.73. The minimum Gasteiger partial charge on any atom is -0.380 e. The minimum absolute atomic E-state index is 0.309. The van der Waals surface area contributed by atoms with Crippen LogP contribution in [0.4, 0.5) is 0 Å². The van der Waals surface area contributed by atoms with E-state index < -0.39 is 0 Å². The molecule has 1 rings (SSSR count). The lowest BCUT2D eigenvalue weighted by molar-refractivity contribution is 0.0750. The summed E-state index contributed by atoms with van der Waals surface area (Å²) in [5.74, 6) is 0. The first-order chi connectivity index (χ1) is 6.07. The van der Waals surface area contributed by atoms with Gasteiger partial charge < -0.3 is 10.1 Å². The summed E-state index contributed by atoms with van der Waals surface area (Å²) in [5.41, 5.74) is 0.571. The number of hydrogen-bond acceptors (Lipinski definition) is 2. The second-order valence-corrected chi connectivity index (χ2v) is 4.77. The van der Waals surface area contributed by atoms with Crippen molar-refractivity contribution >= 4 is 0 Å². The highest BCUT2D eigenvalue weighted by molar-refractivity contribution is 4.86. The molecule has 0 radical (unpaired) electrons. The Labute approximate surface area is 82.0 Å². The van der Waals surface area contributed by atoms with Gasteiger partial charge in [-0.3, -0.25) is 0 Å². The van der Waals surface area contributed by atoms with Crippen LogP contribution in [0.5, 0.6) is 0 Å². The van der Waals surface area contributed by atoms with E-state index in [2.05, 4.69) is 26.1 Å². The Hall–Kier alpha value is -0.0800. The third-order valence-electron chi connectivity index (χ3n) is 3.49. The molecule has 1 aliphatic carbocycles. The van der Waals surface area contributed by atoms with Gasteiger partial charge in [0.25, 0.3) is 0 Å². The van der Waals surface area contributed by atoms with Gasteiger partial charge in [-0.25, -0.2) is 0 Å². The summed E-state index contributed by atoms with van der Waals surface area (Å²) in [5, 5.41) is 3.55. The molecule has 1 fully saturated rings. The molecule has 0 spiro atoms. The van der Waals surface area contributed by atoms with Gasteiger partial charge in [0, 0.05) is 19.7 Å². The van der Waals surface area contributed by atoms with E-state index in [1.54, 1.807) is 7.11 Å². The van der Waals surface area contributed by atoms with Crippen LogP contribution >= 0.6 is 0 Å². The first-order valence-electron chi connectivity index (χ1n) is 5.33. The van der Waals surface area contributed by atoms with Gasteiger partial charge in [-0.05, 0) is 32.1 Å². The van der Waals surface area contributed by atoms with E-state index in [0.717, 1.165) is 6.54 Å². The third-order valence-corrected chi connectivity index (χ3v) is 3.49. The zero-order chi connectivity index (χ0) is 9.90. The molecule has 2 heteroatoms. The normalized spacial score (nSPS) is 24.9. The van der Waals surface area contributed by atoms with Gasteiger partial charge in [0.2, 0.25) is 0 Å². The molecule has 0 saturated heterocycles. The van der Waals surface area contributed by atoms with Crippen molar-refractivity contribution in [2.75, 3.05) is 13.7 Å². The number of ether oxygens (including phenoxy) is 1. The quantitative estimate of drug-likeness (QED) is 0.709. The maximum absolute atomic E-state index is 5.27. The number of nitrogens with one attached hydrogen (secondary N) is 1. The van der Waals surface area contributed by atoms with Gasteiger partial charge in [0.05, 0.1) is 6.10 Å². The summed E-state index contributed by atoms with van der Waals surface area (Å²) in [6.45, 7) is 7.81. The average molecular weight is 185 g/mol. The summed E-state index contributed by atoms with van der Waals surface area (Å²) >= 11 is 0. The lowest BCUT2D eigenvalue weighted by Gasteiger charge is -2.39. The summed E-state index contributed by atoms with van der Waals surface area (Å²) in [6.07, 6.45) is 4.48. The predicted octanol–water partition coefficient (Wildman–Crippen LogP) is 2.19. The van der Waals surface area contributed by atoms with Crippen LogP contribution < -0.4 is 5.32 Å². The van der Waals surface area contributed by atoms with E-state index >= 15 is 0 Å². The summed E-state index contributed by atoms with van der Waals surface area (Å²) in [4.78, 5) is 0.